The third-order valence-corrected chi connectivity index (χ3v) is 6.36. The van der Waals surface area contributed by atoms with Crippen LogP contribution in [0.1, 0.15) is 38.8 Å². The minimum Gasteiger partial charge on any atom is -0.256 e. The lowest BCUT2D eigenvalue weighted by molar-refractivity contribution is 0.647. The average molecular weight is 340 g/mol. The van der Waals surface area contributed by atoms with Crippen molar-refractivity contribution in [3.8, 4) is 11.3 Å². The Balaban J connectivity index is 2.44. The predicted octanol–water partition coefficient (Wildman–Crippen LogP) is 5.69. The number of pyridine rings is 1. The first-order chi connectivity index (χ1) is 11.2. The Morgan fingerprint density at radius 3 is 2.17 bits per heavy atom. The lowest BCUT2D eigenvalue weighted by atomic mass is 9.98. The molecule has 24 heavy (non-hydrogen) atoms. The van der Waals surface area contributed by atoms with Crippen LogP contribution in [0.2, 0.25) is 19.6 Å². The van der Waals surface area contributed by atoms with Crippen molar-refractivity contribution >= 4 is 13.3 Å². The molecule has 130 valence electrons. The second-order valence-corrected chi connectivity index (χ2v) is 13.9. The fourth-order valence-corrected chi connectivity index (χ4v) is 4.86. The molecule has 1 aromatic carbocycles. The molecular formula is C22H33NSi. The molecule has 0 unspecified atom stereocenters. The summed E-state index contributed by atoms with van der Waals surface area (Å²) in [5.41, 5.74) is 5.28. The van der Waals surface area contributed by atoms with Crippen molar-refractivity contribution in [3.05, 3.63) is 47.7 Å². The lowest BCUT2D eigenvalue weighted by Gasteiger charge is -2.22. The summed E-state index contributed by atoms with van der Waals surface area (Å²) in [5, 5.41) is 1.51. The average Bonchev–Trinajstić information content (AvgIpc) is 2.45. The minimum atomic E-state index is -1.36. The Morgan fingerprint density at radius 1 is 0.917 bits per heavy atom. The minimum absolute atomic E-state index is 0.669. The number of hydrogen-bond donors (Lipinski definition) is 0. The summed E-state index contributed by atoms with van der Waals surface area (Å²) >= 11 is 0. The molecule has 1 nitrogen and oxygen atoms in total. The van der Waals surface area contributed by atoms with E-state index in [4.69, 9.17) is 4.98 Å². The van der Waals surface area contributed by atoms with Crippen molar-refractivity contribution in [1.82, 2.24) is 4.98 Å². The van der Waals surface area contributed by atoms with Crippen LogP contribution >= 0.6 is 0 Å². The maximum atomic E-state index is 4.84. The van der Waals surface area contributed by atoms with Gasteiger partial charge in [-0.1, -0.05) is 65.5 Å². The van der Waals surface area contributed by atoms with E-state index in [1.807, 2.05) is 0 Å². The first kappa shape index (κ1) is 18.9. The molecule has 1 heterocycles. The smallest absolute Gasteiger partial charge is 0.0799 e. The highest BCUT2D eigenvalue weighted by molar-refractivity contribution is 6.89. The van der Waals surface area contributed by atoms with Crippen LogP contribution in [0.15, 0.2) is 36.5 Å². The normalized spacial score (nSPS) is 12.2. The molecule has 0 amide bonds. The van der Waals surface area contributed by atoms with Crippen molar-refractivity contribution < 1.29 is 0 Å². The van der Waals surface area contributed by atoms with Crippen LogP contribution in [0, 0.1) is 11.8 Å². The Labute approximate surface area is 149 Å². The van der Waals surface area contributed by atoms with Gasteiger partial charge < -0.3 is 0 Å². The van der Waals surface area contributed by atoms with E-state index in [0.29, 0.717) is 11.8 Å². The van der Waals surface area contributed by atoms with E-state index in [-0.39, 0.29) is 0 Å². The summed E-state index contributed by atoms with van der Waals surface area (Å²) in [4.78, 5) is 4.84. The van der Waals surface area contributed by atoms with E-state index < -0.39 is 8.07 Å². The zero-order chi connectivity index (χ0) is 17.9. The summed E-state index contributed by atoms with van der Waals surface area (Å²) in [7, 11) is -1.36. The van der Waals surface area contributed by atoms with Crippen LogP contribution in [-0.2, 0) is 12.8 Å². The first-order valence-corrected chi connectivity index (χ1v) is 12.8. The van der Waals surface area contributed by atoms with Gasteiger partial charge in [0.25, 0.3) is 0 Å². The van der Waals surface area contributed by atoms with Crippen molar-refractivity contribution in [3.63, 3.8) is 0 Å². The van der Waals surface area contributed by atoms with Gasteiger partial charge in [0, 0.05) is 11.8 Å². The Bertz CT molecular complexity index is 681. The van der Waals surface area contributed by atoms with Crippen molar-refractivity contribution in [1.29, 1.82) is 0 Å². The van der Waals surface area contributed by atoms with Gasteiger partial charge in [-0.25, -0.2) is 0 Å². The molecule has 0 saturated heterocycles. The van der Waals surface area contributed by atoms with Crippen molar-refractivity contribution in [2.45, 2.75) is 60.2 Å². The Kier molecular flexibility index (Phi) is 6.03. The molecule has 0 radical (unpaired) electrons. The van der Waals surface area contributed by atoms with Gasteiger partial charge >= 0.3 is 0 Å². The van der Waals surface area contributed by atoms with Gasteiger partial charge in [0.15, 0.2) is 0 Å². The SMILES string of the molecule is CC(C)Cc1cccc(-c2cc(CC(C)C)c([Si](C)(C)C)cn2)c1. The number of rotatable bonds is 6. The second-order valence-electron chi connectivity index (χ2n) is 8.87. The summed E-state index contributed by atoms with van der Waals surface area (Å²) in [6, 6.07) is 11.3. The van der Waals surface area contributed by atoms with Gasteiger partial charge in [0.05, 0.1) is 13.8 Å². The summed E-state index contributed by atoms with van der Waals surface area (Å²) in [6.07, 6.45) is 4.43. The molecule has 0 bridgehead atoms. The van der Waals surface area contributed by atoms with Crippen molar-refractivity contribution in [2.24, 2.45) is 11.8 Å². The highest BCUT2D eigenvalue weighted by Gasteiger charge is 2.21. The lowest BCUT2D eigenvalue weighted by Crippen LogP contribution is -2.40. The van der Waals surface area contributed by atoms with Gasteiger partial charge in [0.1, 0.15) is 0 Å². The quantitative estimate of drug-likeness (QED) is 0.616. The summed E-state index contributed by atoms with van der Waals surface area (Å²) in [6.45, 7) is 16.4. The molecule has 0 saturated carbocycles. The Morgan fingerprint density at radius 2 is 1.58 bits per heavy atom. The zero-order valence-corrected chi connectivity index (χ0v) is 17.5. The highest BCUT2D eigenvalue weighted by atomic mass is 28.3. The topological polar surface area (TPSA) is 12.9 Å². The highest BCUT2D eigenvalue weighted by Crippen LogP contribution is 2.22. The van der Waals surface area contributed by atoms with E-state index in [2.05, 4.69) is 83.9 Å². The zero-order valence-electron chi connectivity index (χ0n) is 16.5. The molecule has 0 aliphatic heterocycles. The molecule has 0 aliphatic carbocycles. The predicted molar refractivity (Wildman–Crippen MR) is 110 cm³/mol. The molecule has 2 rings (SSSR count). The molecule has 0 atom stereocenters. The van der Waals surface area contributed by atoms with Gasteiger partial charge in [0.2, 0.25) is 0 Å². The van der Waals surface area contributed by atoms with E-state index in [1.54, 1.807) is 0 Å². The number of hydrogen-bond acceptors (Lipinski definition) is 1. The van der Waals surface area contributed by atoms with Gasteiger partial charge in [-0.15, -0.1) is 0 Å². The van der Waals surface area contributed by atoms with Crippen LogP contribution in [0.25, 0.3) is 11.3 Å². The van der Waals surface area contributed by atoms with Crippen LogP contribution in [-0.4, -0.2) is 13.1 Å². The van der Waals surface area contributed by atoms with E-state index in [1.165, 1.54) is 21.9 Å². The van der Waals surface area contributed by atoms with Gasteiger partial charge in [-0.05, 0) is 53.1 Å². The van der Waals surface area contributed by atoms with Crippen LogP contribution in [0.4, 0.5) is 0 Å². The van der Waals surface area contributed by atoms with Crippen LogP contribution in [0.5, 0.6) is 0 Å². The van der Waals surface area contributed by atoms with Crippen molar-refractivity contribution in [2.75, 3.05) is 0 Å². The maximum absolute atomic E-state index is 4.84. The fourth-order valence-electron chi connectivity index (χ4n) is 3.27. The molecular weight excluding hydrogens is 306 g/mol. The van der Waals surface area contributed by atoms with E-state index in [0.717, 1.165) is 18.5 Å². The third kappa shape index (κ3) is 5.04. The van der Waals surface area contributed by atoms with Crippen LogP contribution < -0.4 is 5.19 Å². The summed E-state index contributed by atoms with van der Waals surface area (Å²) < 4.78 is 0. The standard InChI is InChI=1S/C22H33NSi/c1-16(2)11-18-9-8-10-19(13-18)21-14-20(12-17(3)4)22(15-23-21)24(5,6)7/h8-10,13-17H,11-12H2,1-7H3. The largest absolute Gasteiger partial charge is 0.256 e. The monoisotopic (exact) mass is 339 g/mol. The Hall–Kier alpha value is -1.41. The van der Waals surface area contributed by atoms with Gasteiger partial charge in [-0.2, -0.15) is 0 Å². The fraction of sp³-hybridized carbons (Fsp3) is 0.500. The maximum Gasteiger partial charge on any atom is 0.0799 e. The van der Waals surface area contributed by atoms with Gasteiger partial charge in [-0.3, -0.25) is 4.98 Å². The van der Waals surface area contributed by atoms with Crippen LogP contribution in [0.3, 0.4) is 0 Å². The number of nitrogens with zero attached hydrogens (tertiary/aromatic N) is 1. The third-order valence-electron chi connectivity index (χ3n) is 4.29. The molecule has 0 spiro atoms. The molecule has 1 aromatic heterocycles. The molecule has 0 N–H and O–H groups in total. The molecule has 2 aromatic rings. The second kappa shape index (κ2) is 7.65. The van der Waals surface area contributed by atoms with E-state index >= 15 is 0 Å². The van der Waals surface area contributed by atoms with E-state index in [9.17, 15) is 0 Å². The molecule has 2 heteroatoms. The molecule has 0 aliphatic rings. The number of aromatic nitrogens is 1. The summed E-state index contributed by atoms with van der Waals surface area (Å²) in [5.74, 6) is 1.35. The molecule has 0 fully saturated rings. The number of benzene rings is 1. The first-order valence-electron chi connectivity index (χ1n) is 9.25.